The first-order valence-corrected chi connectivity index (χ1v) is 4.28. The zero-order valence-electron chi connectivity index (χ0n) is 6.69. The second-order valence-corrected chi connectivity index (χ2v) is 3.73. The first-order valence-electron chi connectivity index (χ1n) is 4.28. The maximum absolute atomic E-state index is 3.43. The van der Waals surface area contributed by atoms with Crippen LogP contribution in [0.1, 0.15) is 13.3 Å². The van der Waals surface area contributed by atoms with Crippen LogP contribution in [-0.2, 0) is 0 Å². The van der Waals surface area contributed by atoms with Gasteiger partial charge >= 0.3 is 0 Å². The third-order valence-corrected chi connectivity index (χ3v) is 2.90. The predicted octanol–water partition coefficient (Wildman–Crippen LogP) is 0.302. The van der Waals surface area contributed by atoms with Crippen molar-refractivity contribution in [2.75, 3.05) is 32.7 Å². The summed E-state index contributed by atoms with van der Waals surface area (Å²) in [5, 5.41) is 3.43. The molecule has 0 atom stereocenters. The van der Waals surface area contributed by atoms with Crippen LogP contribution in [0.15, 0.2) is 0 Å². The summed E-state index contributed by atoms with van der Waals surface area (Å²) in [5.41, 5.74) is 0.704. The van der Waals surface area contributed by atoms with E-state index in [0.717, 1.165) is 0 Å². The van der Waals surface area contributed by atoms with Gasteiger partial charge in [0.05, 0.1) is 0 Å². The Labute approximate surface area is 62.6 Å². The summed E-state index contributed by atoms with van der Waals surface area (Å²) in [6, 6.07) is 0. The van der Waals surface area contributed by atoms with Crippen molar-refractivity contribution in [1.29, 1.82) is 0 Å². The van der Waals surface area contributed by atoms with Gasteiger partial charge in [-0.1, -0.05) is 6.92 Å². The van der Waals surface area contributed by atoms with Gasteiger partial charge in [0.1, 0.15) is 0 Å². The Hall–Kier alpha value is -0.0800. The first-order chi connectivity index (χ1) is 4.85. The average molecular weight is 140 g/mol. The molecule has 1 N–H and O–H groups in total. The van der Waals surface area contributed by atoms with E-state index in [0.29, 0.717) is 5.41 Å². The van der Waals surface area contributed by atoms with Gasteiger partial charge in [-0.3, -0.25) is 0 Å². The molecule has 0 radical (unpaired) electrons. The highest BCUT2D eigenvalue weighted by Gasteiger charge is 2.43. The van der Waals surface area contributed by atoms with Crippen molar-refractivity contribution < 1.29 is 0 Å². The molecule has 2 saturated heterocycles. The molecule has 2 nitrogen and oxygen atoms in total. The van der Waals surface area contributed by atoms with Gasteiger partial charge in [-0.2, -0.15) is 0 Å². The Morgan fingerprint density at radius 3 is 2.80 bits per heavy atom. The number of hydrogen-bond donors (Lipinski definition) is 1. The molecule has 0 amide bonds. The van der Waals surface area contributed by atoms with Crippen molar-refractivity contribution in [3.05, 3.63) is 0 Å². The van der Waals surface area contributed by atoms with E-state index >= 15 is 0 Å². The van der Waals surface area contributed by atoms with Crippen molar-refractivity contribution in [3.8, 4) is 0 Å². The van der Waals surface area contributed by atoms with E-state index in [-0.39, 0.29) is 0 Å². The van der Waals surface area contributed by atoms with E-state index in [2.05, 4.69) is 17.1 Å². The van der Waals surface area contributed by atoms with E-state index in [1.54, 1.807) is 0 Å². The van der Waals surface area contributed by atoms with Crippen LogP contribution in [0.5, 0.6) is 0 Å². The monoisotopic (exact) mass is 140 g/mol. The Morgan fingerprint density at radius 2 is 2.30 bits per heavy atom. The molecule has 2 heterocycles. The topological polar surface area (TPSA) is 15.3 Å². The minimum atomic E-state index is 0.704. The van der Waals surface area contributed by atoms with Gasteiger partial charge in [-0.05, 0) is 19.5 Å². The first kappa shape index (κ1) is 6.62. The van der Waals surface area contributed by atoms with E-state index in [1.807, 2.05) is 0 Å². The molecule has 0 aliphatic carbocycles. The van der Waals surface area contributed by atoms with E-state index in [4.69, 9.17) is 0 Å². The molecule has 10 heavy (non-hydrogen) atoms. The summed E-state index contributed by atoms with van der Waals surface area (Å²) in [6.45, 7) is 8.69. The van der Waals surface area contributed by atoms with Gasteiger partial charge in [-0.25, -0.2) is 0 Å². The third-order valence-electron chi connectivity index (χ3n) is 2.90. The Bertz CT molecular complexity index is 119. The summed E-state index contributed by atoms with van der Waals surface area (Å²) in [6.07, 6.45) is 1.41. The van der Waals surface area contributed by atoms with Gasteiger partial charge < -0.3 is 10.2 Å². The van der Waals surface area contributed by atoms with Crippen molar-refractivity contribution in [2.24, 2.45) is 5.41 Å². The SMILES string of the molecule is CCN1CC2(CCNC2)C1. The van der Waals surface area contributed by atoms with Gasteiger partial charge in [0, 0.05) is 25.0 Å². The summed E-state index contributed by atoms with van der Waals surface area (Å²) in [5.74, 6) is 0. The van der Waals surface area contributed by atoms with Gasteiger partial charge in [-0.15, -0.1) is 0 Å². The number of hydrogen-bond acceptors (Lipinski definition) is 2. The number of rotatable bonds is 1. The van der Waals surface area contributed by atoms with Crippen LogP contribution in [0, 0.1) is 5.41 Å². The fraction of sp³-hybridized carbons (Fsp3) is 1.00. The highest BCUT2D eigenvalue weighted by molar-refractivity contribution is 4.99. The molecular weight excluding hydrogens is 124 g/mol. The molecule has 2 rings (SSSR count). The summed E-state index contributed by atoms with van der Waals surface area (Å²) in [4.78, 5) is 2.52. The highest BCUT2D eigenvalue weighted by Crippen LogP contribution is 2.35. The quantitative estimate of drug-likeness (QED) is 0.563. The lowest BCUT2D eigenvalue weighted by atomic mass is 9.79. The Morgan fingerprint density at radius 1 is 1.50 bits per heavy atom. The second kappa shape index (κ2) is 2.21. The smallest absolute Gasteiger partial charge is 0.00943 e. The number of nitrogens with zero attached hydrogens (tertiary/aromatic N) is 1. The Kier molecular flexibility index (Phi) is 1.46. The number of nitrogens with one attached hydrogen (secondary N) is 1. The molecule has 0 unspecified atom stereocenters. The summed E-state index contributed by atoms with van der Waals surface area (Å²) in [7, 11) is 0. The van der Waals surface area contributed by atoms with Crippen molar-refractivity contribution in [3.63, 3.8) is 0 Å². The largest absolute Gasteiger partial charge is 0.316 e. The summed E-state index contributed by atoms with van der Waals surface area (Å²) < 4.78 is 0. The molecule has 2 aliphatic rings. The molecular formula is C8H16N2. The lowest BCUT2D eigenvalue weighted by molar-refractivity contribution is 0.0218. The molecule has 0 aromatic carbocycles. The van der Waals surface area contributed by atoms with E-state index < -0.39 is 0 Å². The molecule has 2 aliphatic heterocycles. The minimum Gasteiger partial charge on any atom is -0.316 e. The van der Waals surface area contributed by atoms with Gasteiger partial charge in [0.2, 0.25) is 0 Å². The zero-order chi connectivity index (χ0) is 7.03. The Balaban J connectivity index is 1.86. The molecule has 2 heteroatoms. The molecule has 0 aromatic rings. The van der Waals surface area contributed by atoms with Crippen LogP contribution in [0.4, 0.5) is 0 Å². The fourth-order valence-corrected chi connectivity index (χ4v) is 2.19. The van der Waals surface area contributed by atoms with E-state index in [9.17, 15) is 0 Å². The van der Waals surface area contributed by atoms with Crippen molar-refractivity contribution in [2.45, 2.75) is 13.3 Å². The third kappa shape index (κ3) is 0.867. The van der Waals surface area contributed by atoms with Gasteiger partial charge in [0.25, 0.3) is 0 Å². The van der Waals surface area contributed by atoms with Crippen LogP contribution >= 0.6 is 0 Å². The van der Waals surface area contributed by atoms with Crippen LogP contribution < -0.4 is 5.32 Å². The molecule has 0 aromatic heterocycles. The zero-order valence-corrected chi connectivity index (χ0v) is 6.69. The number of likely N-dealkylation sites (tertiary alicyclic amines) is 1. The maximum Gasteiger partial charge on any atom is 0.00943 e. The molecule has 0 bridgehead atoms. The molecule has 58 valence electrons. The fourth-order valence-electron chi connectivity index (χ4n) is 2.19. The summed E-state index contributed by atoms with van der Waals surface area (Å²) >= 11 is 0. The maximum atomic E-state index is 3.43. The molecule has 1 spiro atoms. The normalized spacial score (nSPS) is 30.9. The molecule has 0 saturated carbocycles. The second-order valence-electron chi connectivity index (χ2n) is 3.73. The van der Waals surface area contributed by atoms with Crippen molar-refractivity contribution >= 4 is 0 Å². The lowest BCUT2D eigenvalue weighted by Gasteiger charge is -2.47. The van der Waals surface area contributed by atoms with Crippen LogP contribution in [0.3, 0.4) is 0 Å². The standard InChI is InChI=1S/C8H16N2/c1-2-10-6-8(7-10)3-4-9-5-8/h9H,2-7H2,1H3. The van der Waals surface area contributed by atoms with Crippen LogP contribution in [-0.4, -0.2) is 37.6 Å². The van der Waals surface area contributed by atoms with Crippen molar-refractivity contribution in [1.82, 2.24) is 10.2 Å². The van der Waals surface area contributed by atoms with Gasteiger partial charge in [0.15, 0.2) is 0 Å². The highest BCUT2D eigenvalue weighted by atomic mass is 15.2. The predicted molar refractivity (Wildman–Crippen MR) is 42.0 cm³/mol. The average Bonchev–Trinajstić information content (AvgIpc) is 2.30. The lowest BCUT2D eigenvalue weighted by Crippen LogP contribution is -2.56. The minimum absolute atomic E-state index is 0.704. The van der Waals surface area contributed by atoms with Crippen LogP contribution in [0.25, 0.3) is 0 Å². The van der Waals surface area contributed by atoms with E-state index in [1.165, 1.54) is 39.1 Å². The van der Waals surface area contributed by atoms with Crippen LogP contribution in [0.2, 0.25) is 0 Å². The molecule has 2 fully saturated rings.